The van der Waals surface area contributed by atoms with Crippen molar-refractivity contribution in [3.05, 3.63) is 97.1 Å². The summed E-state index contributed by atoms with van der Waals surface area (Å²) in [6, 6.07) is 10.3. The first kappa shape index (κ1) is 25.4. The van der Waals surface area contributed by atoms with E-state index in [1.54, 1.807) is 48.6 Å². The van der Waals surface area contributed by atoms with E-state index in [1.165, 1.54) is 24.3 Å². The van der Waals surface area contributed by atoms with Crippen LogP contribution in [-0.4, -0.2) is 36.8 Å². The third-order valence-corrected chi connectivity index (χ3v) is 6.13. The standard InChI is InChI=1S/C29H26N2O6/c1-5-15-36-23-17-19(30-25(32)11-12-26(30)33)7-9-21(23)29(3,4)22-10-8-20(18-24(22)37-16-6-2)31-27(34)13-14-28(31)35/h5-14,17-18H,1-2,15-16H2,3-4H3. The molecule has 0 saturated heterocycles. The molecular weight excluding hydrogens is 472 g/mol. The normalized spacial score (nSPS) is 15.1. The Kier molecular flexibility index (Phi) is 6.93. The Bertz CT molecular complexity index is 1250. The highest BCUT2D eigenvalue weighted by atomic mass is 16.5. The molecule has 0 spiro atoms. The number of hydrogen-bond donors (Lipinski definition) is 0. The van der Waals surface area contributed by atoms with Gasteiger partial charge in [-0.15, -0.1) is 0 Å². The molecule has 0 N–H and O–H groups in total. The molecule has 0 bridgehead atoms. The molecule has 4 rings (SSSR count). The van der Waals surface area contributed by atoms with Crippen LogP contribution < -0.4 is 19.3 Å². The van der Waals surface area contributed by atoms with Crippen LogP contribution in [0.2, 0.25) is 0 Å². The molecule has 2 aromatic rings. The van der Waals surface area contributed by atoms with Gasteiger partial charge in [-0.1, -0.05) is 51.3 Å². The van der Waals surface area contributed by atoms with Gasteiger partial charge in [0.1, 0.15) is 24.7 Å². The molecule has 0 aliphatic carbocycles. The van der Waals surface area contributed by atoms with Gasteiger partial charge in [-0.05, 0) is 12.1 Å². The first-order chi connectivity index (χ1) is 17.7. The predicted molar refractivity (Wildman–Crippen MR) is 140 cm³/mol. The van der Waals surface area contributed by atoms with E-state index in [-0.39, 0.29) is 13.2 Å². The van der Waals surface area contributed by atoms with E-state index in [2.05, 4.69) is 13.2 Å². The van der Waals surface area contributed by atoms with E-state index < -0.39 is 29.0 Å². The summed E-state index contributed by atoms with van der Waals surface area (Å²) in [7, 11) is 0. The van der Waals surface area contributed by atoms with Crippen molar-refractivity contribution in [3.63, 3.8) is 0 Å². The Balaban J connectivity index is 1.80. The van der Waals surface area contributed by atoms with E-state index in [1.807, 2.05) is 13.8 Å². The Hall–Kier alpha value is -4.72. The number of anilines is 2. The summed E-state index contributed by atoms with van der Waals surface area (Å²) in [5.74, 6) is -0.790. The van der Waals surface area contributed by atoms with Gasteiger partial charge in [0.25, 0.3) is 23.6 Å². The first-order valence-electron chi connectivity index (χ1n) is 11.6. The summed E-state index contributed by atoms with van der Waals surface area (Å²) in [5.41, 5.74) is 1.58. The molecule has 0 radical (unpaired) electrons. The number of ether oxygens (including phenoxy) is 2. The molecule has 0 aromatic heterocycles. The molecule has 8 nitrogen and oxygen atoms in total. The summed E-state index contributed by atoms with van der Waals surface area (Å²) in [6.07, 6.45) is 8.09. The van der Waals surface area contributed by atoms with Gasteiger partial charge in [-0.2, -0.15) is 0 Å². The predicted octanol–water partition coefficient (Wildman–Crippen LogP) is 4.00. The van der Waals surface area contributed by atoms with Crippen LogP contribution in [0.3, 0.4) is 0 Å². The van der Waals surface area contributed by atoms with Crippen LogP contribution >= 0.6 is 0 Å². The quantitative estimate of drug-likeness (QED) is 0.363. The van der Waals surface area contributed by atoms with Crippen molar-refractivity contribution < 1.29 is 28.7 Å². The van der Waals surface area contributed by atoms with Crippen molar-refractivity contribution in [2.24, 2.45) is 0 Å². The number of benzene rings is 2. The van der Waals surface area contributed by atoms with E-state index in [9.17, 15) is 19.2 Å². The number of carbonyl (C=O) groups is 4. The van der Waals surface area contributed by atoms with E-state index >= 15 is 0 Å². The molecule has 2 aliphatic rings. The van der Waals surface area contributed by atoms with Crippen LogP contribution in [0.25, 0.3) is 0 Å². The topological polar surface area (TPSA) is 93.2 Å². The first-order valence-corrected chi connectivity index (χ1v) is 11.6. The van der Waals surface area contributed by atoms with Crippen molar-refractivity contribution >= 4 is 35.0 Å². The van der Waals surface area contributed by atoms with Gasteiger partial charge >= 0.3 is 0 Å². The second kappa shape index (κ2) is 10.1. The molecule has 2 aromatic carbocycles. The smallest absolute Gasteiger partial charge is 0.258 e. The molecule has 37 heavy (non-hydrogen) atoms. The zero-order valence-corrected chi connectivity index (χ0v) is 20.6. The fourth-order valence-electron chi connectivity index (χ4n) is 4.32. The summed E-state index contributed by atoms with van der Waals surface area (Å²) < 4.78 is 11.9. The van der Waals surface area contributed by atoms with Crippen LogP contribution in [0.1, 0.15) is 25.0 Å². The molecule has 0 fully saturated rings. The summed E-state index contributed by atoms with van der Waals surface area (Å²) in [6.45, 7) is 11.8. The lowest BCUT2D eigenvalue weighted by molar-refractivity contribution is -0.121. The van der Waals surface area contributed by atoms with Gasteiger partial charge in [0, 0.05) is 53.0 Å². The molecule has 8 heteroatoms. The molecule has 0 unspecified atom stereocenters. The maximum absolute atomic E-state index is 12.2. The second-order valence-corrected chi connectivity index (χ2v) is 8.88. The minimum Gasteiger partial charge on any atom is -0.489 e. The van der Waals surface area contributed by atoms with Gasteiger partial charge in [-0.3, -0.25) is 19.2 Å². The molecule has 188 valence electrons. The largest absolute Gasteiger partial charge is 0.489 e. The van der Waals surface area contributed by atoms with Crippen molar-refractivity contribution in [1.29, 1.82) is 0 Å². The van der Waals surface area contributed by atoms with Gasteiger partial charge in [0.15, 0.2) is 0 Å². The van der Waals surface area contributed by atoms with Gasteiger partial charge in [0.05, 0.1) is 11.4 Å². The highest BCUT2D eigenvalue weighted by Gasteiger charge is 2.34. The lowest BCUT2D eigenvalue weighted by Crippen LogP contribution is -2.30. The highest BCUT2D eigenvalue weighted by Crippen LogP contribution is 2.44. The van der Waals surface area contributed by atoms with Crippen LogP contribution in [-0.2, 0) is 24.6 Å². The maximum Gasteiger partial charge on any atom is 0.258 e. The number of hydrogen-bond acceptors (Lipinski definition) is 6. The zero-order chi connectivity index (χ0) is 26.7. The third-order valence-electron chi connectivity index (χ3n) is 6.13. The van der Waals surface area contributed by atoms with Crippen LogP contribution in [0.15, 0.2) is 86.0 Å². The van der Waals surface area contributed by atoms with Crippen LogP contribution in [0.4, 0.5) is 11.4 Å². The molecule has 0 saturated carbocycles. The minimum atomic E-state index is -0.710. The van der Waals surface area contributed by atoms with Gasteiger partial charge in [-0.25, -0.2) is 9.80 Å². The lowest BCUT2D eigenvalue weighted by atomic mass is 9.77. The molecular formula is C29H26N2O6. The number of amides is 4. The molecule has 4 amide bonds. The molecule has 2 aliphatic heterocycles. The Morgan fingerprint density at radius 2 is 1.03 bits per heavy atom. The summed E-state index contributed by atoms with van der Waals surface area (Å²) in [4.78, 5) is 51.1. The number of imide groups is 2. The van der Waals surface area contributed by atoms with Crippen molar-refractivity contribution in [1.82, 2.24) is 0 Å². The van der Waals surface area contributed by atoms with Crippen molar-refractivity contribution in [3.8, 4) is 11.5 Å². The van der Waals surface area contributed by atoms with Crippen LogP contribution in [0.5, 0.6) is 11.5 Å². The van der Waals surface area contributed by atoms with Gasteiger partial charge < -0.3 is 9.47 Å². The monoisotopic (exact) mass is 498 g/mol. The van der Waals surface area contributed by atoms with Crippen molar-refractivity contribution in [2.75, 3.05) is 23.0 Å². The molecule has 0 atom stereocenters. The van der Waals surface area contributed by atoms with Gasteiger partial charge in [0.2, 0.25) is 0 Å². The Morgan fingerprint density at radius 3 is 1.35 bits per heavy atom. The lowest BCUT2D eigenvalue weighted by Gasteiger charge is -2.31. The fourth-order valence-corrected chi connectivity index (χ4v) is 4.32. The summed E-state index contributed by atoms with van der Waals surface area (Å²) in [5, 5.41) is 0. The fraction of sp³-hybridized carbons (Fsp3) is 0.172. The average molecular weight is 499 g/mol. The second-order valence-electron chi connectivity index (χ2n) is 8.88. The van der Waals surface area contributed by atoms with Crippen molar-refractivity contribution in [2.45, 2.75) is 19.3 Å². The number of carbonyl (C=O) groups excluding carboxylic acids is 4. The highest BCUT2D eigenvalue weighted by molar-refractivity contribution is 6.28. The Labute approximate surface area is 214 Å². The summed E-state index contributed by atoms with van der Waals surface area (Å²) >= 11 is 0. The Morgan fingerprint density at radius 1 is 0.676 bits per heavy atom. The SMILES string of the molecule is C=CCOc1cc(N2C(=O)C=CC2=O)ccc1C(C)(C)c1ccc(N2C(=O)C=CC2=O)cc1OCC=C. The third kappa shape index (κ3) is 4.73. The van der Waals surface area contributed by atoms with E-state index in [4.69, 9.17) is 9.47 Å². The maximum atomic E-state index is 12.2. The average Bonchev–Trinajstić information content (AvgIpc) is 3.40. The minimum absolute atomic E-state index is 0.206. The van der Waals surface area contributed by atoms with Crippen LogP contribution in [0, 0.1) is 0 Å². The number of rotatable bonds is 10. The number of nitrogens with zero attached hydrogens (tertiary/aromatic N) is 2. The van der Waals surface area contributed by atoms with E-state index in [0.29, 0.717) is 22.9 Å². The molecule has 2 heterocycles. The van der Waals surface area contributed by atoms with E-state index in [0.717, 1.165) is 20.9 Å². The zero-order valence-electron chi connectivity index (χ0n) is 20.6.